The zero-order valence-corrected chi connectivity index (χ0v) is 11.9. The molecule has 2 aliphatic carbocycles. The molecule has 3 fully saturated rings. The van der Waals surface area contributed by atoms with Crippen molar-refractivity contribution in [1.29, 1.82) is 0 Å². The second-order valence-electron chi connectivity index (χ2n) is 7.30. The van der Waals surface area contributed by atoms with Crippen LogP contribution < -0.4 is 5.73 Å². The zero-order valence-electron chi connectivity index (χ0n) is 11.9. The Morgan fingerprint density at radius 3 is 2.28 bits per heavy atom. The molecule has 2 saturated carbocycles. The quantitative estimate of drug-likeness (QED) is 0.830. The average molecular weight is 250 g/mol. The number of nitrogens with zero attached hydrogens (tertiary/aromatic N) is 1. The summed E-state index contributed by atoms with van der Waals surface area (Å²) in [5.74, 6) is 0.981. The molecule has 18 heavy (non-hydrogen) atoms. The van der Waals surface area contributed by atoms with E-state index in [0.29, 0.717) is 6.04 Å². The summed E-state index contributed by atoms with van der Waals surface area (Å²) < 4.78 is 0. The van der Waals surface area contributed by atoms with Crippen molar-refractivity contribution in [3.63, 3.8) is 0 Å². The summed E-state index contributed by atoms with van der Waals surface area (Å²) in [7, 11) is 0. The first-order chi connectivity index (χ1) is 8.76. The normalized spacial score (nSPS) is 30.5. The van der Waals surface area contributed by atoms with Gasteiger partial charge in [-0.1, -0.05) is 32.1 Å². The molecular formula is C16H30N2. The lowest BCUT2D eigenvalue weighted by Gasteiger charge is -2.44. The predicted molar refractivity (Wildman–Crippen MR) is 76.5 cm³/mol. The van der Waals surface area contributed by atoms with E-state index in [1.165, 1.54) is 77.3 Å². The monoisotopic (exact) mass is 250 g/mol. The van der Waals surface area contributed by atoms with Gasteiger partial charge >= 0.3 is 0 Å². The second-order valence-corrected chi connectivity index (χ2v) is 7.30. The van der Waals surface area contributed by atoms with E-state index in [1.54, 1.807) is 0 Å². The Balaban J connectivity index is 1.41. The maximum atomic E-state index is 6.27. The maximum absolute atomic E-state index is 6.27. The van der Waals surface area contributed by atoms with Gasteiger partial charge in [0.15, 0.2) is 0 Å². The van der Waals surface area contributed by atoms with Crippen molar-refractivity contribution in [2.45, 2.75) is 70.3 Å². The first-order valence-electron chi connectivity index (χ1n) is 8.24. The summed E-state index contributed by atoms with van der Waals surface area (Å²) in [6, 6.07) is 0.443. The van der Waals surface area contributed by atoms with E-state index >= 15 is 0 Å². The van der Waals surface area contributed by atoms with Crippen LogP contribution in [-0.2, 0) is 0 Å². The highest BCUT2D eigenvalue weighted by molar-refractivity contribution is 4.89. The van der Waals surface area contributed by atoms with Gasteiger partial charge in [-0.05, 0) is 56.5 Å². The molecule has 2 heteroatoms. The van der Waals surface area contributed by atoms with Crippen molar-refractivity contribution < 1.29 is 0 Å². The van der Waals surface area contributed by atoms with Crippen LogP contribution in [-0.4, -0.2) is 30.6 Å². The Morgan fingerprint density at radius 1 is 1.00 bits per heavy atom. The Bertz CT molecular complexity index is 256. The molecule has 2 N–H and O–H groups in total. The molecule has 3 aliphatic rings. The third kappa shape index (κ3) is 3.27. The van der Waals surface area contributed by atoms with Gasteiger partial charge in [0.25, 0.3) is 0 Å². The van der Waals surface area contributed by atoms with Crippen LogP contribution in [0.3, 0.4) is 0 Å². The zero-order chi connectivity index (χ0) is 12.4. The SMILES string of the molecule is NC(CC1CC1)CN1CCC2(CCCCC2)CC1. The molecule has 104 valence electrons. The molecule has 0 amide bonds. The van der Waals surface area contributed by atoms with Gasteiger partial charge in [0.2, 0.25) is 0 Å². The number of piperidine rings is 1. The van der Waals surface area contributed by atoms with Gasteiger partial charge in [0.1, 0.15) is 0 Å². The number of nitrogens with two attached hydrogens (primary N) is 1. The smallest absolute Gasteiger partial charge is 0.0170 e. The highest BCUT2D eigenvalue weighted by Crippen LogP contribution is 2.44. The molecule has 2 nitrogen and oxygen atoms in total. The molecule has 1 heterocycles. The van der Waals surface area contributed by atoms with E-state index in [-0.39, 0.29) is 0 Å². The fraction of sp³-hybridized carbons (Fsp3) is 1.00. The van der Waals surface area contributed by atoms with Crippen molar-refractivity contribution in [2.24, 2.45) is 17.1 Å². The van der Waals surface area contributed by atoms with Gasteiger partial charge < -0.3 is 10.6 Å². The fourth-order valence-corrected chi connectivity index (χ4v) is 4.20. The number of likely N-dealkylation sites (tertiary alicyclic amines) is 1. The molecule has 0 aromatic carbocycles. The lowest BCUT2D eigenvalue weighted by atomic mass is 9.68. The molecule has 1 aliphatic heterocycles. The minimum atomic E-state index is 0.443. The number of rotatable bonds is 4. The molecule has 1 unspecified atom stereocenters. The van der Waals surface area contributed by atoms with E-state index in [1.807, 2.05) is 0 Å². The molecule has 0 aromatic rings. The highest BCUT2D eigenvalue weighted by atomic mass is 15.1. The molecular weight excluding hydrogens is 220 g/mol. The van der Waals surface area contributed by atoms with E-state index in [9.17, 15) is 0 Å². The fourth-order valence-electron chi connectivity index (χ4n) is 4.20. The van der Waals surface area contributed by atoms with Crippen LogP contribution in [0.5, 0.6) is 0 Å². The molecule has 0 bridgehead atoms. The van der Waals surface area contributed by atoms with E-state index in [2.05, 4.69) is 4.90 Å². The predicted octanol–water partition coefficient (Wildman–Crippen LogP) is 3.16. The van der Waals surface area contributed by atoms with Crippen LogP contribution in [0.25, 0.3) is 0 Å². The van der Waals surface area contributed by atoms with Crippen LogP contribution in [0.4, 0.5) is 0 Å². The van der Waals surface area contributed by atoms with Crippen LogP contribution in [0.15, 0.2) is 0 Å². The Kier molecular flexibility index (Phi) is 3.95. The Labute approximate surface area is 112 Å². The van der Waals surface area contributed by atoms with Crippen molar-refractivity contribution in [1.82, 2.24) is 4.90 Å². The second kappa shape index (κ2) is 5.50. The summed E-state index contributed by atoms with van der Waals surface area (Å²) in [6.45, 7) is 3.79. The lowest BCUT2D eigenvalue weighted by molar-refractivity contribution is 0.0642. The van der Waals surface area contributed by atoms with Gasteiger partial charge in [-0.2, -0.15) is 0 Å². The summed E-state index contributed by atoms with van der Waals surface area (Å²) in [6.07, 6.45) is 14.5. The summed E-state index contributed by atoms with van der Waals surface area (Å²) in [4.78, 5) is 2.65. The van der Waals surface area contributed by atoms with Crippen LogP contribution >= 0.6 is 0 Å². The topological polar surface area (TPSA) is 29.3 Å². The Hall–Kier alpha value is -0.0800. The minimum absolute atomic E-state index is 0.443. The number of hydrogen-bond donors (Lipinski definition) is 1. The molecule has 1 saturated heterocycles. The van der Waals surface area contributed by atoms with Crippen molar-refractivity contribution >= 4 is 0 Å². The minimum Gasteiger partial charge on any atom is -0.327 e. The summed E-state index contributed by atoms with van der Waals surface area (Å²) >= 11 is 0. The van der Waals surface area contributed by atoms with Gasteiger partial charge in [-0.3, -0.25) is 0 Å². The maximum Gasteiger partial charge on any atom is 0.0170 e. The van der Waals surface area contributed by atoms with Gasteiger partial charge in [-0.15, -0.1) is 0 Å². The van der Waals surface area contributed by atoms with Crippen LogP contribution in [0.2, 0.25) is 0 Å². The first kappa shape index (κ1) is 12.9. The van der Waals surface area contributed by atoms with Crippen LogP contribution in [0, 0.1) is 11.3 Å². The van der Waals surface area contributed by atoms with Crippen molar-refractivity contribution in [2.75, 3.05) is 19.6 Å². The van der Waals surface area contributed by atoms with Gasteiger partial charge in [0.05, 0.1) is 0 Å². The molecule has 0 radical (unpaired) electrons. The lowest BCUT2D eigenvalue weighted by Crippen LogP contribution is -2.45. The van der Waals surface area contributed by atoms with Crippen molar-refractivity contribution in [3.8, 4) is 0 Å². The number of hydrogen-bond acceptors (Lipinski definition) is 2. The van der Waals surface area contributed by atoms with Crippen LogP contribution in [0.1, 0.15) is 64.2 Å². The van der Waals surface area contributed by atoms with E-state index < -0.39 is 0 Å². The molecule has 3 rings (SSSR count). The van der Waals surface area contributed by atoms with E-state index in [0.717, 1.165) is 17.9 Å². The summed E-state index contributed by atoms with van der Waals surface area (Å²) in [5, 5.41) is 0. The molecule has 1 atom stereocenters. The first-order valence-corrected chi connectivity index (χ1v) is 8.24. The largest absolute Gasteiger partial charge is 0.327 e. The highest BCUT2D eigenvalue weighted by Gasteiger charge is 2.35. The van der Waals surface area contributed by atoms with E-state index in [4.69, 9.17) is 5.73 Å². The van der Waals surface area contributed by atoms with Gasteiger partial charge in [0, 0.05) is 12.6 Å². The third-order valence-corrected chi connectivity index (χ3v) is 5.66. The molecule has 1 spiro atoms. The van der Waals surface area contributed by atoms with Gasteiger partial charge in [-0.25, -0.2) is 0 Å². The van der Waals surface area contributed by atoms with Crippen molar-refractivity contribution in [3.05, 3.63) is 0 Å². The molecule has 0 aromatic heterocycles. The average Bonchev–Trinajstić information content (AvgIpc) is 3.17. The summed E-state index contributed by atoms with van der Waals surface area (Å²) in [5.41, 5.74) is 7.02. The standard InChI is InChI=1S/C16H30N2/c17-15(12-14-4-5-14)13-18-10-8-16(9-11-18)6-2-1-3-7-16/h14-15H,1-13,17H2. The Morgan fingerprint density at radius 2 is 1.67 bits per heavy atom. The third-order valence-electron chi connectivity index (χ3n) is 5.66.